The summed E-state index contributed by atoms with van der Waals surface area (Å²) in [4.78, 5) is 12.0. The Hall–Kier alpha value is -2.65. The lowest BCUT2D eigenvalue weighted by Gasteiger charge is -2.27. The molecule has 122 valence electrons. The SMILES string of the molecule is N#Cc1c(NSNC(=O)c2ccccc2)cccc1OC1CCC1. The first kappa shape index (κ1) is 16.2. The number of amides is 1. The van der Waals surface area contributed by atoms with E-state index in [9.17, 15) is 10.1 Å². The van der Waals surface area contributed by atoms with E-state index in [1.165, 1.54) is 6.42 Å². The van der Waals surface area contributed by atoms with Crippen LogP contribution in [0, 0.1) is 11.3 Å². The molecule has 1 aliphatic carbocycles. The molecule has 2 aromatic carbocycles. The molecule has 1 saturated carbocycles. The van der Waals surface area contributed by atoms with Gasteiger partial charge in [-0.15, -0.1) is 0 Å². The zero-order valence-electron chi connectivity index (χ0n) is 13.0. The van der Waals surface area contributed by atoms with Gasteiger partial charge in [-0.05, 0) is 43.5 Å². The zero-order valence-corrected chi connectivity index (χ0v) is 13.8. The van der Waals surface area contributed by atoms with Crippen molar-refractivity contribution in [2.45, 2.75) is 25.4 Å². The monoisotopic (exact) mass is 339 g/mol. The maximum Gasteiger partial charge on any atom is 0.262 e. The molecule has 0 heterocycles. The molecular weight excluding hydrogens is 322 g/mol. The maximum atomic E-state index is 12.0. The highest BCUT2D eigenvalue weighted by Crippen LogP contribution is 2.31. The summed E-state index contributed by atoms with van der Waals surface area (Å²) in [5.74, 6) is 0.385. The summed E-state index contributed by atoms with van der Waals surface area (Å²) in [5.41, 5.74) is 1.65. The van der Waals surface area contributed by atoms with Gasteiger partial charge in [-0.3, -0.25) is 9.52 Å². The molecule has 0 radical (unpaired) electrons. The Bertz CT molecular complexity index is 755. The highest BCUT2D eigenvalue weighted by Gasteiger charge is 2.21. The Morgan fingerprint density at radius 1 is 1.17 bits per heavy atom. The van der Waals surface area contributed by atoms with Crippen LogP contribution in [-0.2, 0) is 0 Å². The van der Waals surface area contributed by atoms with E-state index in [1.54, 1.807) is 24.3 Å². The van der Waals surface area contributed by atoms with Crippen LogP contribution in [0.5, 0.6) is 5.75 Å². The minimum Gasteiger partial charge on any atom is -0.489 e. The van der Waals surface area contributed by atoms with Crippen LogP contribution in [0.2, 0.25) is 0 Å². The Morgan fingerprint density at radius 3 is 2.62 bits per heavy atom. The first-order valence-electron chi connectivity index (χ1n) is 7.75. The van der Waals surface area contributed by atoms with Gasteiger partial charge >= 0.3 is 0 Å². The fraction of sp³-hybridized carbons (Fsp3) is 0.222. The van der Waals surface area contributed by atoms with E-state index >= 15 is 0 Å². The molecule has 0 atom stereocenters. The Kier molecular flexibility index (Phi) is 5.24. The third-order valence-corrected chi connectivity index (χ3v) is 4.43. The number of hydrogen-bond acceptors (Lipinski definition) is 5. The van der Waals surface area contributed by atoms with E-state index in [2.05, 4.69) is 15.5 Å². The van der Waals surface area contributed by atoms with Crippen molar-refractivity contribution < 1.29 is 9.53 Å². The van der Waals surface area contributed by atoms with E-state index in [0.717, 1.165) is 25.0 Å². The van der Waals surface area contributed by atoms with Crippen molar-refractivity contribution in [1.29, 1.82) is 5.26 Å². The summed E-state index contributed by atoms with van der Waals surface area (Å²) in [7, 11) is 0. The third-order valence-electron chi connectivity index (χ3n) is 3.82. The van der Waals surface area contributed by atoms with E-state index in [4.69, 9.17) is 4.74 Å². The van der Waals surface area contributed by atoms with Gasteiger partial charge < -0.3 is 9.46 Å². The largest absolute Gasteiger partial charge is 0.489 e. The van der Waals surface area contributed by atoms with E-state index in [-0.39, 0.29) is 12.0 Å². The molecule has 0 aromatic heterocycles. The first-order chi connectivity index (χ1) is 11.8. The molecule has 6 heteroatoms. The molecule has 0 spiro atoms. The molecular formula is C18H17N3O2S. The van der Waals surface area contributed by atoms with Gasteiger partial charge in [0, 0.05) is 5.56 Å². The number of nitriles is 1. The summed E-state index contributed by atoms with van der Waals surface area (Å²) >= 11 is 1.03. The molecule has 0 unspecified atom stereocenters. The number of benzene rings is 2. The molecule has 2 aromatic rings. The Labute approximate surface area is 145 Å². The van der Waals surface area contributed by atoms with Crippen molar-refractivity contribution in [3.05, 3.63) is 59.7 Å². The van der Waals surface area contributed by atoms with Crippen molar-refractivity contribution in [3.8, 4) is 11.8 Å². The highest BCUT2D eigenvalue weighted by molar-refractivity contribution is 7.99. The van der Waals surface area contributed by atoms with Crippen molar-refractivity contribution in [3.63, 3.8) is 0 Å². The number of ether oxygens (including phenoxy) is 1. The molecule has 2 N–H and O–H groups in total. The summed E-state index contributed by atoms with van der Waals surface area (Å²) < 4.78 is 11.5. The zero-order chi connectivity index (χ0) is 16.8. The van der Waals surface area contributed by atoms with Crippen LogP contribution in [-0.4, -0.2) is 12.0 Å². The van der Waals surface area contributed by atoms with E-state index < -0.39 is 0 Å². The van der Waals surface area contributed by atoms with Crippen molar-refractivity contribution >= 4 is 23.7 Å². The molecule has 1 fully saturated rings. The van der Waals surface area contributed by atoms with Crippen molar-refractivity contribution in [2.24, 2.45) is 0 Å². The lowest BCUT2D eigenvalue weighted by Crippen LogP contribution is -2.25. The highest BCUT2D eigenvalue weighted by atomic mass is 32.2. The van der Waals surface area contributed by atoms with Crippen LogP contribution in [0.3, 0.4) is 0 Å². The summed E-state index contributed by atoms with van der Waals surface area (Å²) in [5, 5.41) is 9.42. The second kappa shape index (κ2) is 7.75. The Balaban J connectivity index is 1.61. The summed E-state index contributed by atoms with van der Waals surface area (Å²) in [6.45, 7) is 0. The number of nitrogens with zero attached hydrogens (tertiary/aromatic N) is 1. The number of carbonyl (C=O) groups is 1. The first-order valence-corrected chi connectivity index (χ1v) is 8.56. The minimum atomic E-state index is -0.200. The van der Waals surface area contributed by atoms with Gasteiger partial charge in [0.2, 0.25) is 0 Å². The van der Waals surface area contributed by atoms with Crippen LogP contribution in [0.15, 0.2) is 48.5 Å². The van der Waals surface area contributed by atoms with Gasteiger partial charge in [-0.25, -0.2) is 0 Å². The third kappa shape index (κ3) is 3.81. The van der Waals surface area contributed by atoms with Crippen LogP contribution in [0.4, 0.5) is 5.69 Å². The molecule has 0 bridgehead atoms. The lowest BCUT2D eigenvalue weighted by molar-refractivity contribution is 0.0984. The standard InChI is InChI=1S/C18H17N3O2S/c19-12-15-16(10-5-11-17(15)23-14-8-4-9-14)20-24-21-18(22)13-6-2-1-3-7-13/h1-3,5-7,10-11,14,20H,4,8-9H2,(H,21,22). The molecule has 1 amide bonds. The second-order valence-corrected chi connectivity index (χ2v) is 6.07. The number of carbonyl (C=O) groups excluding carboxylic acids is 1. The van der Waals surface area contributed by atoms with Crippen LogP contribution in [0.25, 0.3) is 0 Å². The van der Waals surface area contributed by atoms with E-state index in [1.807, 2.05) is 24.3 Å². The lowest BCUT2D eigenvalue weighted by atomic mass is 9.96. The van der Waals surface area contributed by atoms with Crippen LogP contribution >= 0.6 is 12.1 Å². The minimum absolute atomic E-state index is 0.200. The molecule has 1 aliphatic rings. The number of hydrogen-bond donors (Lipinski definition) is 2. The average Bonchev–Trinajstić information content (AvgIpc) is 2.59. The van der Waals surface area contributed by atoms with Crippen molar-refractivity contribution in [1.82, 2.24) is 4.72 Å². The smallest absolute Gasteiger partial charge is 0.262 e. The van der Waals surface area contributed by atoms with Crippen molar-refractivity contribution in [2.75, 3.05) is 4.72 Å². The normalized spacial score (nSPS) is 13.5. The number of nitrogens with one attached hydrogen (secondary N) is 2. The van der Waals surface area contributed by atoms with Gasteiger partial charge in [0.05, 0.1) is 23.9 Å². The van der Waals surface area contributed by atoms with Crippen LogP contribution in [0.1, 0.15) is 35.2 Å². The summed E-state index contributed by atoms with van der Waals surface area (Å²) in [6.07, 6.45) is 3.44. The van der Waals surface area contributed by atoms with Crippen LogP contribution < -0.4 is 14.2 Å². The summed E-state index contributed by atoms with van der Waals surface area (Å²) in [6, 6.07) is 16.5. The number of rotatable bonds is 6. The number of anilines is 1. The van der Waals surface area contributed by atoms with Gasteiger partial charge in [0.15, 0.2) is 0 Å². The van der Waals surface area contributed by atoms with E-state index in [0.29, 0.717) is 22.6 Å². The van der Waals surface area contributed by atoms with Gasteiger partial charge in [0.1, 0.15) is 17.4 Å². The maximum absolute atomic E-state index is 12.0. The fourth-order valence-electron chi connectivity index (χ4n) is 2.27. The molecule has 5 nitrogen and oxygen atoms in total. The molecule has 3 rings (SSSR count). The molecule has 0 aliphatic heterocycles. The predicted molar refractivity (Wildman–Crippen MR) is 94.5 cm³/mol. The topological polar surface area (TPSA) is 74.2 Å². The van der Waals surface area contributed by atoms with Gasteiger partial charge in [-0.1, -0.05) is 24.3 Å². The molecule has 24 heavy (non-hydrogen) atoms. The second-order valence-electron chi connectivity index (χ2n) is 5.46. The average molecular weight is 339 g/mol. The molecule has 0 saturated heterocycles. The fourth-order valence-corrected chi connectivity index (χ4v) is 2.81. The van der Waals surface area contributed by atoms with Gasteiger partial charge in [0.25, 0.3) is 5.91 Å². The van der Waals surface area contributed by atoms with Gasteiger partial charge in [-0.2, -0.15) is 5.26 Å². The predicted octanol–water partition coefficient (Wildman–Crippen LogP) is 3.89. The quantitative estimate of drug-likeness (QED) is 0.781. The Morgan fingerprint density at radius 2 is 1.96 bits per heavy atom.